The van der Waals surface area contributed by atoms with Crippen LogP contribution in [0.1, 0.15) is 60.2 Å². The minimum Gasteiger partial charge on any atom is -0.478 e. The van der Waals surface area contributed by atoms with E-state index in [1.54, 1.807) is 12.1 Å². The molecule has 1 heterocycles. The maximum atomic E-state index is 11.0. The van der Waals surface area contributed by atoms with Gasteiger partial charge in [0.2, 0.25) is 0 Å². The summed E-state index contributed by atoms with van der Waals surface area (Å²) in [4.78, 5) is 15.8. The Morgan fingerprint density at radius 2 is 2.05 bits per heavy atom. The normalized spacial score (nSPS) is 19.6. The molecule has 1 aromatic heterocycles. The Morgan fingerprint density at radius 1 is 1.26 bits per heavy atom. The van der Waals surface area contributed by atoms with E-state index in [4.69, 9.17) is 10.1 Å². The number of benzene rings is 1. The lowest BCUT2D eigenvalue weighted by atomic mass is 9.85. The highest BCUT2D eigenvalue weighted by molar-refractivity contribution is 5.92. The van der Waals surface area contributed by atoms with Crippen LogP contribution in [0.15, 0.2) is 18.2 Å². The number of carboxylic acids is 1. The van der Waals surface area contributed by atoms with Crippen molar-refractivity contribution >= 4 is 17.0 Å². The number of hydrogen-bond donors (Lipinski definition) is 1. The zero-order valence-electron chi connectivity index (χ0n) is 10.7. The molecule has 1 N–H and O–H groups in total. The number of rotatable bonds is 3. The Bertz CT molecular complexity index is 666. The summed E-state index contributed by atoms with van der Waals surface area (Å²) >= 11 is 0. The van der Waals surface area contributed by atoms with Crippen LogP contribution < -0.4 is 0 Å². The third-order valence-electron chi connectivity index (χ3n) is 4.35. The van der Waals surface area contributed by atoms with Crippen LogP contribution in [-0.2, 0) is 0 Å². The van der Waals surface area contributed by atoms with Gasteiger partial charge in [-0.25, -0.2) is 9.78 Å². The van der Waals surface area contributed by atoms with E-state index < -0.39 is 5.97 Å². The molecule has 0 bridgehead atoms. The zero-order chi connectivity index (χ0) is 13.0. The molecule has 2 aliphatic rings. The predicted octanol–water partition coefficient (Wildman–Crippen LogP) is 3.34. The molecule has 0 spiro atoms. The van der Waals surface area contributed by atoms with Gasteiger partial charge in [0.1, 0.15) is 5.82 Å². The van der Waals surface area contributed by atoms with Crippen LogP contribution >= 0.6 is 0 Å². The Kier molecular flexibility index (Phi) is 2.22. The van der Waals surface area contributed by atoms with Crippen molar-refractivity contribution in [2.45, 2.75) is 44.1 Å². The summed E-state index contributed by atoms with van der Waals surface area (Å²) in [7, 11) is 0. The van der Waals surface area contributed by atoms with Crippen molar-refractivity contribution in [3.05, 3.63) is 29.6 Å². The number of hydrogen-bond acceptors (Lipinski definition) is 2. The van der Waals surface area contributed by atoms with Crippen molar-refractivity contribution in [3.8, 4) is 0 Å². The molecule has 0 aliphatic heterocycles. The minimum absolute atomic E-state index is 0.327. The van der Waals surface area contributed by atoms with Gasteiger partial charge in [0.05, 0.1) is 16.6 Å². The minimum atomic E-state index is -0.881. The Balaban J connectivity index is 1.90. The van der Waals surface area contributed by atoms with E-state index in [9.17, 15) is 4.79 Å². The molecular weight excluding hydrogens is 240 g/mol. The second-order valence-corrected chi connectivity index (χ2v) is 5.71. The molecule has 0 atom stereocenters. The van der Waals surface area contributed by atoms with Gasteiger partial charge < -0.3 is 9.67 Å². The lowest BCUT2D eigenvalue weighted by molar-refractivity contribution is 0.0697. The number of carboxylic acid groups (broad SMARTS) is 1. The van der Waals surface area contributed by atoms with Gasteiger partial charge in [0, 0.05) is 12.0 Å². The molecule has 1 aromatic carbocycles. The molecule has 4 heteroatoms. The number of nitrogens with zero attached hydrogens (tertiary/aromatic N) is 2. The summed E-state index contributed by atoms with van der Waals surface area (Å²) in [6.45, 7) is 0. The second-order valence-electron chi connectivity index (χ2n) is 5.71. The van der Waals surface area contributed by atoms with Crippen molar-refractivity contribution in [1.82, 2.24) is 9.55 Å². The van der Waals surface area contributed by atoms with Gasteiger partial charge in [-0.15, -0.1) is 0 Å². The quantitative estimate of drug-likeness (QED) is 0.916. The van der Waals surface area contributed by atoms with Crippen LogP contribution in [0.3, 0.4) is 0 Å². The molecule has 98 valence electrons. The van der Waals surface area contributed by atoms with Crippen LogP contribution in [0.2, 0.25) is 0 Å². The summed E-state index contributed by atoms with van der Waals surface area (Å²) in [6, 6.07) is 5.91. The second kappa shape index (κ2) is 3.83. The largest absolute Gasteiger partial charge is 0.478 e. The number of aromatic nitrogens is 2. The first-order chi connectivity index (χ1) is 9.24. The highest BCUT2D eigenvalue weighted by Gasteiger charge is 2.33. The van der Waals surface area contributed by atoms with Gasteiger partial charge in [-0.1, -0.05) is 6.42 Å². The third kappa shape index (κ3) is 1.66. The van der Waals surface area contributed by atoms with Crippen LogP contribution in [0.5, 0.6) is 0 Å². The number of fused-ring (bicyclic) bond motifs is 1. The molecule has 2 saturated carbocycles. The first-order valence-electron chi connectivity index (χ1n) is 6.99. The van der Waals surface area contributed by atoms with Crippen molar-refractivity contribution < 1.29 is 9.90 Å². The van der Waals surface area contributed by atoms with Gasteiger partial charge in [0.15, 0.2) is 0 Å². The van der Waals surface area contributed by atoms with Gasteiger partial charge >= 0.3 is 5.97 Å². The topological polar surface area (TPSA) is 55.1 Å². The molecule has 0 saturated heterocycles. The molecule has 0 amide bonds. The Hall–Kier alpha value is -1.84. The summed E-state index contributed by atoms with van der Waals surface area (Å²) < 4.78 is 2.37. The third-order valence-corrected chi connectivity index (χ3v) is 4.35. The molecule has 0 unspecified atom stereocenters. The van der Waals surface area contributed by atoms with Crippen molar-refractivity contribution in [2.75, 3.05) is 0 Å². The van der Waals surface area contributed by atoms with Gasteiger partial charge in [-0.2, -0.15) is 0 Å². The van der Waals surface area contributed by atoms with Gasteiger partial charge in [0.25, 0.3) is 0 Å². The number of aromatic carboxylic acids is 1. The lowest BCUT2D eigenvalue weighted by Crippen LogP contribution is -2.14. The zero-order valence-corrected chi connectivity index (χ0v) is 10.7. The fourth-order valence-electron chi connectivity index (χ4n) is 2.92. The van der Waals surface area contributed by atoms with Gasteiger partial charge in [-0.3, -0.25) is 0 Å². The van der Waals surface area contributed by atoms with E-state index in [0.717, 1.165) is 11.0 Å². The van der Waals surface area contributed by atoms with Crippen molar-refractivity contribution in [2.24, 2.45) is 0 Å². The van der Waals surface area contributed by atoms with Gasteiger partial charge in [-0.05, 0) is 43.9 Å². The maximum Gasteiger partial charge on any atom is 0.335 e. The van der Waals surface area contributed by atoms with E-state index in [1.165, 1.54) is 37.9 Å². The molecule has 4 rings (SSSR count). The lowest BCUT2D eigenvalue weighted by Gasteiger charge is -2.25. The Labute approximate surface area is 111 Å². The van der Waals surface area contributed by atoms with Crippen LogP contribution in [0.4, 0.5) is 0 Å². The average molecular weight is 256 g/mol. The first kappa shape index (κ1) is 11.0. The van der Waals surface area contributed by atoms with E-state index in [2.05, 4.69) is 4.57 Å². The fraction of sp³-hybridized carbons (Fsp3) is 0.467. The Morgan fingerprint density at radius 3 is 2.63 bits per heavy atom. The standard InChI is InChI=1S/C15H16N2O2/c18-15(19)10-4-7-13-12(8-10)16-14(9-2-1-3-9)17(13)11-5-6-11/h4,7-9,11H,1-3,5-6H2,(H,18,19). The van der Waals surface area contributed by atoms with Crippen molar-refractivity contribution in [1.29, 1.82) is 0 Å². The van der Waals surface area contributed by atoms with Crippen LogP contribution in [0, 0.1) is 0 Å². The molecule has 19 heavy (non-hydrogen) atoms. The first-order valence-corrected chi connectivity index (χ1v) is 6.99. The fourth-order valence-corrected chi connectivity index (χ4v) is 2.92. The van der Waals surface area contributed by atoms with E-state index in [0.29, 0.717) is 17.5 Å². The molecule has 0 radical (unpaired) electrons. The SMILES string of the molecule is O=C(O)c1ccc2c(c1)nc(C1CCC1)n2C1CC1. The molecule has 2 aromatic rings. The van der Waals surface area contributed by atoms with Crippen LogP contribution in [0.25, 0.3) is 11.0 Å². The smallest absolute Gasteiger partial charge is 0.335 e. The maximum absolute atomic E-state index is 11.0. The summed E-state index contributed by atoms with van der Waals surface area (Å²) in [5, 5.41) is 9.07. The summed E-state index contributed by atoms with van der Waals surface area (Å²) in [5.74, 6) is 0.889. The van der Waals surface area contributed by atoms with E-state index in [-0.39, 0.29) is 0 Å². The van der Waals surface area contributed by atoms with Crippen LogP contribution in [-0.4, -0.2) is 20.6 Å². The summed E-state index contributed by atoms with van der Waals surface area (Å²) in [6.07, 6.45) is 6.19. The highest BCUT2D eigenvalue weighted by atomic mass is 16.4. The highest BCUT2D eigenvalue weighted by Crippen LogP contribution is 2.44. The molecule has 2 aliphatic carbocycles. The predicted molar refractivity (Wildman–Crippen MR) is 71.6 cm³/mol. The monoisotopic (exact) mass is 256 g/mol. The molecule has 2 fully saturated rings. The summed E-state index contributed by atoms with van der Waals surface area (Å²) in [5.41, 5.74) is 2.27. The number of carbonyl (C=O) groups is 1. The van der Waals surface area contributed by atoms with Crippen molar-refractivity contribution in [3.63, 3.8) is 0 Å². The molecule has 4 nitrogen and oxygen atoms in total. The van der Waals surface area contributed by atoms with E-state index >= 15 is 0 Å². The average Bonchev–Trinajstić information content (AvgIpc) is 3.08. The van der Waals surface area contributed by atoms with E-state index in [1.807, 2.05) is 6.07 Å². The number of imidazole rings is 1. The molecular formula is C15H16N2O2.